The lowest BCUT2D eigenvalue weighted by atomic mass is 10.0. The highest BCUT2D eigenvalue weighted by Gasteiger charge is 2.25. The van der Waals surface area contributed by atoms with Gasteiger partial charge in [-0.3, -0.25) is 9.59 Å². The van der Waals surface area contributed by atoms with Crippen LogP contribution in [0.25, 0.3) is 9.88 Å². The van der Waals surface area contributed by atoms with Gasteiger partial charge < -0.3 is 14.6 Å². The zero-order valence-corrected chi connectivity index (χ0v) is 17.1. The standard InChI is InChI=1S/C20H21N3O3S2/c1-13-6-9-26-18(13)19(25)21-14-4-7-23(8-5-14)17(24)11-15-12-28-20(22-15)16-3-2-10-27-16/h2-3,6,9-10,12,14H,4-5,7-8,11H2,1H3,(H,21,25). The Balaban J connectivity index is 1.27. The molecule has 1 saturated heterocycles. The van der Waals surface area contributed by atoms with E-state index in [0.29, 0.717) is 25.3 Å². The number of nitrogens with one attached hydrogen (secondary N) is 1. The second kappa shape index (κ2) is 8.28. The number of nitrogens with zero attached hydrogens (tertiary/aromatic N) is 2. The summed E-state index contributed by atoms with van der Waals surface area (Å²) in [7, 11) is 0. The third kappa shape index (κ3) is 4.18. The molecule has 0 bridgehead atoms. The molecular weight excluding hydrogens is 394 g/mol. The van der Waals surface area contributed by atoms with Crippen molar-refractivity contribution < 1.29 is 14.0 Å². The smallest absolute Gasteiger partial charge is 0.287 e. The summed E-state index contributed by atoms with van der Waals surface area (Å²) >= 11 is 3.23. The Morgan fingerprint density at radius 1 is 1.29 bits per heavy atom. The summed E-state index contributed by atoms with van der Waals surface area (Å²) in [5.41, 5.74) is 1.65. The predicted molar refractivity (Wildman–Crippen MR) is 110 cm³/mol. The van der Waals surface area contributed by atoms with Gasteiger partial charge in [0.15, 0.2) is 5.76 Å². The van der Waals surface area contributed by atoms with Crippen LogP contribution < -0.4 is 5.32 Å². The molecule has 1 aliphatic rings. The second-order valence-corrected chi connectivity index (χ2v) is 8.67. The highest BCUT2D eigenvalue weighted by atomic mass is 32.1. The Morgan fingerprint density at radius 3 is 2.79 bits per heavy atom. The monoisotopic (exact) mass is 415 g/mol. The van der Waals surface area contributed by atoms with E-state index < -0.39 is 0 Å². The summed E-state index contributed by atoms with van der Waals surface area (Å²) in [5.74, 6) is 0.272. The number of piperidine rings is 1. The fourth-order valence-corrected chi connectivity index (χ4v) is 4.93. The first-order valence-corrected chi connectivity index (χ1v) is 11.0. The lowest BCUT2D eigenvalue weighted by Gasteiger charge is -2.32. The Kier molecular flexibility index (Phi) is 5.59. The molecule has 0 radical (unpaired) electrons. The first kappa shape index (κ1) is 18.9. The van der Waals surface area contributed by atoms with Gasteiger partial charge >= 0.3 is 0 Å². The van der Waals surface area contributed by atoms with Gasteiger partial charge in [0.2, 0.25) is 5.91 Å². The average Bonchev–Trinajstić information content (AvgIpc) is 3.43. The summed E-state index contributed by atoms with van der Waals surface area (Å²) in [5, 5.41) is 7.96. The molecule has 3 aromatic heterocycles. The van der Waals surface area contributed by atoms with E-state index in [1.54, 1.807) is 28.7 Å². The number of aromatic nitrogens is 1. The molecule has 146 valence electrons. The van der Waals surface area contributed by atoms with Crippen molar-refractivity contribution in [3.8, 4) is 9.88 Å². The SMILES string of the molecule is Cc1ccoc1C(=O)NC1CCN(C(=O)Cc2csc(-c3cccs3)n2)CC1. The lowest BCUT2D eigenvalue weighted by molar-refractivity contribution is -0.131. The zero-order valence-electron chi connectivity index (χ0n) is 15.5. The van der Waals surface area contributed by atoms with E-state index in [9.17, 15) is 9.59 Å². The van der Waals surface area contributed by atoms with Crippen molar-refractivity contribution in [2.24, 2.45) is 0 Å². The summed E-state index contributed by atoms with van der Waals surface area (Å²) in [4.78, 5) is 32.5. The van der Waals surface area contributed by atoms with Crippen LogP contribution in [-0.2, 0) is 11.2 Å². The third-order valence-electron chi connectivity index (χ3n) is 4.87. The predicted octanol–water partition coefficient (Wildman–Crippen LogP) is 3.74. The van der Waals surface area contributed by atoms with Gasteiger partial charge in [-0.05, 0) is 37.3 Å². The number of thiazole rings is 1. The molecule has 0 aliphatic carbocycles. The highest BCUT2D eigenvalue weighted by Crippen LogP contribution is 2.28. The minimum atomic E-state index is -0.184. The van der Waals surface area contributed by atoms with Crippen LogP contribution in [0, 0.1) is 6.92 Å². The van der Waals surface area contributed by atoms with Crippen molar-refractivity contribution in [1.82, 2.24) is 15.2 Å². The minimum Gasteiger partial charge on any atom is -0.459 e. The molecular formula is C20H21N3O3S2. The highest BCUT2D eigenvalue weighted by molar-refractivity contribution is 7.20. The summed E-state index contributed by atoms with van der Waals surface area (Å²) in [6.45, 7) is 3.13. The second-order valence-electron chi connectivity index (χ2n) is 6.86. The van der Waals surface area contributed by atoms with E-state index in [1.165, 1.54) is 6.26 Å². The quantitative estimate of drug-likeness (QED) is 0.689. The molecule has 1 N–H and O–H groups in total. The fourth-order valence-electron chi connectivity index (χ4n) is 3.30. The number of hydrogen-bond acceptors (Lipinski definition) is 6. The summed E-state index contributed by atoms with van der Waals surface area (Å²) < 4.78 is 5.24. The maximum absolute atomic E-state index is 12.6. The number of furan rings is 1. The number of aryl methyl sites for hydroxylation is 1. The molecule has 0 aromatic carbocycles. The lowest BCUT2D eigenvalue weighted by Crippen LogP contribution is -2.47. The van der Waals surface area contributed by atoms with Crippen LogP contribution in [0.3, 0.4) is 0 Å². The normalized spacial score (nSPS) is 15.0. The van der Waals surface area contributed by atoms with E-state index in [1.807, 2.05) is 34.7 Å². The molecule has 4 heterocycles. The number of likely N-dealkylation sites (tertiary alicyclic amines) is 1. The molecule has 0 spiro atoms. The van der Waals surface area contributed by atoms with Gasteiger partial charge in [-0.1, -0.05) is 6.07 Å². The first-order valence-electron chi connectivity index (χ1n) is 9.21. The van der Waals surface area contributed by atoms with Crippen LogP contribution in [0.4, 0.5) is 0 Å². The number of hydrogen-bond donors (Lipinski definition) is 1. The van der Waals surface area contributed by atoms with Crippen LogP contribution in [-0.4, -0.2) is 40.8 Å². The van der Waals surface area contributed by atoms with E-state index in [2.05, 4.69) is 10.3 Å². The molecule has 4 rings (SSSR count). The van der Waals surface area contributed by atoms with Crippen molar-refractivity contribution >= 4 is 34.5 Å². The summed E-state index contributed by atoms with van der Waals surface area (Å²) in [6, 6.07) is 5.88. The van der Waals surface area contributed by atoms with Gasteiger partial charge in [-0.25, -0.2) is 4.98 Å². The van der Waals surface area contributed by atoms with Crippen molar-refractivity contribution in [3.05, 3.63) is 52.2 Å². The molecule has 0 atom stereocenters. The summed E-state index contributed by atoms with van der Waals surface area (Å²) in [6.07, 6.45) is 3.34. The van der Waals surface area contributed by atoms with E-state index in [0.717, 1.165) is 34.0 Å². The Bertz CT molecular complexity index is 953. The molecule has 1 aliphatic heterocycles. The maximum atomic E-state index is 12.6. The molecule has 6 nitrogen and oxygen atoms in total. The topological polar surface area (TPSA) is 75.4 Å². The largest absolute Gasteiger partial charge is 0.459 e. The first-order chi connectivity index (χ1) is 13.6. The average molecular weight is 416 g/mol. The van der Waals surface area contributed by atoms with E-state index in [-0.39, 0.29) is 17.9 Å². The van der Waals surface area contributed by atoms with E-state index >= 15 is 0 Å². The van der Waals surface area contributed by atoms with E-state index in [4.69, 9.17) is 4.42 Å². The van der Waals surface area contributed by atoms with Crippen LogP contribution in [0.2, 0.25) is 0 Å². The van der Waals surface area contributed by atoms with Crippen molar-refractivity contribution in [1.29, 1.82) is 0 Å². The number of rotatable bonds is 5. The number of carbonyl (C=O) groups is 2. The van der Waals surface area contributed by atoms with Crippen molar-refractivity contribution in [3.63, 3.8) is 0 Å². The number of amides is 2. The molecule has 3 aromatic rings. The van der Waals surface area contributed by atoms with Gasteiger partial charge in [0, 0.05) is 30.1 Å². The van der Waals surface area contributed by atoms with Gasteiger partial charge in [-0.2, -0.15) is 0 Å². The minimum absolute atomic E-state index is 0.0609. The molecule has 1 fully saturated rings. The van der Waals surface area contributed by atoms with Gasteiger partial charge in [0.25, 0.3) is 5.91 Å². The Hall–Kier alpha value is -2.45. The third-order valence-corrected chi connectivity index (χ3v) is 6.80. The van der Waals surface area contributed by atoms with Gasteiger partial charge in [-0.15, -0.1) is 22.7 Å². The fraction of sp³-hybridized carbons (Fsp3) is 0.350. The van der Waals surface area contributed by atoms with Crippen LogP contribution in [0.15, 0.2) is 39.6 Å². The van der Waals surface area contributed by atoms with Gasteiger partial charge in [0.1, 0.15) is 5.01 Å². The molecule has 2 amide bonds. The number of thiophene rings is 1. The van der Waals surface area contributed by atoms with Crippen LogP contribution in [0.5, 0.6) is 0 Å². The van der Waals surface area contributed by atoms with Crippen molar-refractivity contribution in [2.45, 2.75) is 32.2 Å². The van der Waals surface area contributed by atoms with Gasteiger partial charge in [0.05, 0.1) is 23.3 Å². The molecule has 0 unspecified atom stereocenters. The Labute approximate surface area is 171 Å². The molecule has 28 heavy (non-hydrogen) atoms. The van der Waals surface area contributed by atoms with Crippen molar-refractivity contribution in [2.75, 3.05) is 13.1 Å². The van der Waals surface area contributed by atoms with Crippen LogP contribution in [0.1, 0.15) is 34.7 Å². The molecule has 0 saturated carbocycles. The molecule has 8 heteroatoms. The Morgan fingerprint density at radius 2 is 2.11 bits per heavy atom. The zero-order chi connectivity index (χ0) is 19.5. The van der Waals surface area contributed by atoms with Crippen LogP contribution >= 0.6 is 22.7 Å². The number of carbonyl (C=O) groups excluding carboxylic acids is 2. The maximum Gasteiger partial charge on any atom is 0.287 e.